The van der Waals surface area contributed by atoms with E-state index in [4.69, 9.17) is 9.57 Å². The molecule has 0 saturated heterocycles. The standard InChI is InChI=1S/C16H17N3O4/c1-11(18-23-3)15-9-8-14(22-2)10-16(15)17-12-4-6-13(7-5-12)19(20)21/h4-10,17H,1-3H3/b18-11+. The van der Waals surface area contributed by atoms with E-state index in [-0.39, 0.29) is 5.69 Å². The number of nitro benzene ring substituents is 1. The molecule has 0 radical (unpaired) electrons. The molecule has 0 atom stereocenters. The molecule has 0 saturated carbocycles. The van der Waals surface area contributed by atoms with Crippen molar-refractivity contribution in [3.8, 4) is 5.75 Å². The van der Waals surface area contributed by atoms with Crippen molar-refractivity contribution in [2.45, 2.75) is 6.92 Å². The Balaban J connectivity index is 2.36. The van der Waals surface area contributed by atoms with Crippen LogP contribution in [0.15, 0.2) is 47.6 Å². The Morgan fingerprint density at radius 1 is 1.17 bits per heavy atom. The zero-order valence-electron chi connectivity index (χ0n) is 13.1. The number of oxime groups is 1. The number of nitro groups is 1. The fourth-order valence-electron chi connectivity index (χ4n) is 2.08. The Hall–Kier alpha value is -3.09. The summed E-state index contributed by atoms with van der Waals surface area (Å²) in [7, 11) is 3.07. The summed E-state index contributed by atoms with van der Waals surface area (Å²) in [6, 6.07) is 11.7. The van der Waals surface area contributed by atoms with Crippen LogP contribution in [0, 0.1) is 10.1 Å². The van der Waals surface area contributed by atoms with Gasteiger partial charge in [-0.3, -0.25) is 10.1 Å². The van der Waals surface area contributed by atoms with E-state index in [1.54, 1.807) is 19.2 Å². The molecule has 2 aromatic carbocycles. The minimum absolute atomic E-state index is 0.0403. The number of nitrogens with zero attached hydrogens (tertiary/aromatic N) is 2. The SMILES string of the molecule is CO/N=C(\C)c1ccc(OC)cc1Nc1ccc([N+](=O)[O-])cc1. The molecule has 0 unspecified atom stereocenters. The molecule has 0 amide bonds. The molecule has 0 fully saturated rings. The second kappa shape index (κ2) is 7.26. The molecule has 120 valence electrons. The van der Waals surface area contributed by atoms with Crippen LogP contribution in [0.2, 0.25) is 0 Å². The van der Waals surface area contributed by atoms with Crippen LogP contribution in [-0.2, 0) is 4.84 Å². The van der Waals surface area contributed by atoms with E-state index >= 15 is 0 Å². The van der Waals surface area contributed by atoms with Crippen molar-refractivity contribution >= 4 is 22.8 Å². The van der Waals surface area contributed by atoms with Crippen LogP contribution in [0.1, 0.15) is 12.5 Å². The van der Waals surface area contributed by atoms with Crippen molar-refractivity contribution in [1.29, 1.82) is 0 Å². The normalized spacial score (nSPS) is 11.0. The maximum Gasteiger partial charge on any atom is 0.269 e. The topological polar surface area (TPSA) is 86.0 Å². The number of benzene rings is 2. The van der Waals surface area contributed by atoms with Gasteiger partial charge >= 0.3 is 0 Å². The monoisotopic (exact) mass is 315 g/mol. The minimum Gasteiger partial charge on any atom is -0.497 e. The van der Waals surface area contributed by atoms with Crippen LogP contribution in [0.4, 0.5) is 17.1 Å². The summed E-state index contributed by atoms with van der Waals surface area (Å²) in [5.74, 6) is 0.684. The molecule has 0 aliphatic rings. The van der Waals surface area contributed by atoms with Crippen molar-refractivity contribution in [2.24, 2.45) is 5.16 Å². The van der Waals surface area contributed by atoms with Gasteiger partial charge in [0, 0.05) is 29.4 Å². The highest BCUT2D eigenvalue weighted by atomic mass is 16.6. The zero-order valence-corrected chi connectivity index (χ0v) is 13.1. The van der Waals surface area contributed by atoms with E-state index in [2.05, 4.69) is 10.5 Å². The van der Waals surface area contributed by atoms with Gasteiger partial charge in [0.15, 0.2) is 0 Å². The Morgan fingerprint density at radius 2 is 1.87 bits per heavy atom. The zero-order chi connectivity index (χ0) is 16.8. The van der Waals surface area contributed by atoms with Crippen LogP contribution in [0.5, 0.6) is 5.75 Å². The maximum atomic E-state index is 10.7. The molecular formula is C16H17N3O4. The predicted molar refractivity (Wildman–Crippen MR) is 88.6 cm³/mol. The number of methoxy groups -OCH3 is 1. The summed E-state index contributed by atoms with van der Waals surface area (Å²) in [6.45, 7) is 1.83. The predicted octanol–water partition coefficient (Wildman–Crippen LogP) is 3.72. The van der Waals surface area contributed by atoms with E-state index < -0.39 is 4.92 Å². The number of hydrogen-bond donors (Lipinski definition) is 1. The summed E-state index contributed by atoms with van der Waals surface area (Å²) in [5.41, 5.74) is 3.05. The molecule has 0 bridgehead atoms. The Bertz CT molecular complexity index is 727. The van der Waals surface area contributed by atoms with E-state index in [9.17, 15) is 10.1 Å². The summed E-state index contributed by atoms with van der Waals surface area (Å²) >= 11 is 0. The number of rotatable bonds is 6. The number of non-ortho nitro benzene ring substituents is 1. The Kier molecular flexibility index (Phi) is 5.14. The average molecular weight is 315 g/mol. The fourth-order valence-corrected chi connectivity index (χ4v) is 2.08. The third-order valence-corrected chi connectivity index (χ3v) is 3.20. The number of ether oxygens (including phenoxy) is 1. The van der Waals surface area contributed by atoms with E-state index in [0.29, 0.717) is 11.5 Å². The maximum absolute atomic E-state index is 10.7. The number of nitrogens with one attached hydrogen (secondary N) is 1. The van der Waals surface area contributed by atoms with Crippen molar-refractivity contribution in [3.05, 3.63) is 58.1 Å². The van der Waals surface area contributed by atoms with Gasteiger partial charge in [0.2, 0.25) is 0 Å². The van der Waals surface area contributed by atoms with Gasteiger partial charge in [-0.15, -0.1) is 0 Å². The highest BCUT2D eigenvalue weighted by Gasteiger charge is 2.10. The van der Waals surface area contributed by atoms with Gasteiger partial charge < -0.3 is 14.9 Å². The largest absolute Gasteiger partial charge is 0.497 e. The van der Waals surface area contributed by atoms with Gasteiger partial charge in [-0.2, -0.15) is 0 Å². The van der Waals surface area contributed by atoms with Crippen molar-refractivity contribution in [1.82, 2.24) is 0 Å². The van der Waals surface area contributed by atoms with Gasteiger partial charge in [0.1, 0.15) is 12.9 Å². The second-order valence-corrected chi connectivity index (χ2v) is 4.70. The average Bonchev–Trinajstić information content (AvgIpc) is 2.55. The van der Waals surface area contributed by atoms with Crippen LogP contribution in [-0.4, -0.2) is 24.9 Å². The molecule has 23 heavy (non-hydrogen) atoms. The lowest BCUT2D eigenvalue weighted by Crippen LogP contribution is -2.03. The van der Waals surface area contributed by atoms with Gasteiger partial charge in [-0.05, 0) is 31.2 Å². The summed E-state index contributed by atoms with van der Waals surface area (Å²) in [6.07, 6.45) is 0. The van der Waals surface area contributed by atoms with E-state index in [1.807, 2.05) is 25.1 Å². The number of hydrogen-bond acceptors (Lipinski definition) is 6. The highest BCUT2D eigenvalue weighted by Crippen LogP contribution is 2.27. The molecule has 0 aliphatic heterocycles. The molecule has 0 spiro atoms. The molecule has 2 rings (SSSR count). The van der Waals surface area contributed by atoms with Crippen LogP contribution in [0.3, 0.4) is 0 Å². The van der Waals surface area contributed by atoms with E-state index in [0.717, 1.165) is 16.9 Å². The van der Waals surface area contributed by atoms with Crippen LogP contribution < -0.4 is 10.1 Å². The van der Waals surface area contributed by atoms with Gasteiger partial charge in [-0.25, -0.2) is 0 Å². The molecule has 1 N–H and O–H groups in total. The van der Waals surface area contributed by atoms with Crippen molar-refractivity contribution in [3.63, 3.8) is 0 Å². The first-order chi connectivity index (χ1) is 11.0. The second-order valence-electron chi connectivity index (χ2n) is 4.70. The lowest BCUT2D eigenvalue weighted by Gasteiger charge is -2.13. The van der Waals surface area contributed by atoms with Crippen LogP contribution in [0.25, 0.3) is 0 Å². The van der Waals surface area contributed by atoms with Gasteiger partial charge in [0.25, 0.3) is 5.69 Å². The van der Waals surface area contributed by atoms with Crippen molar-refractivity contribution in [2.75, 3.05) is 19.5 Å². The molecule has 0 heterocycles. The molecule has 7 heteroatoms. The van der Waals surface area contributed by atoms with Gasteiger partial charge in [-0.1, -0.05) is 5.16 Å². The Labute approximate surface area is 133 Å². The highest BCUT2D eigenvalue weighted by molar-refractivity contribution is 6.04. The first-order valence-electron chi connectivity index (χ1n) is 6.82. The molecule has 0 aromatic heterocycles. The molecule has 7 nitrogen and oxygen atoms in total. The third-order valence-electron chi connectivity index (χ3n) is 3.20. The first-order valence-corrected chi connectivity index (χ1v) is 6.82. The fraction of sp³-hybridized carbons (Fsp3) is 0.188. The Morgan fingerprint density at radius 3 is 2.43 bits per heavy atom. The van der Waals surface area contributed by atoms with Crippen LogP contribution >= 0.6 is 0 Å². The van der Waals surface area contributed by atoms with Crippen molar-refractivity contribution < 1.29 is 14.5 Å². The quantitative estimate of drug-likeness (QED) is 0.499. The lowest BCUT2D eigenvalue weighted by molar-refractivity contribution is -0.384. The van der Waals surface area contributed by atoms with Gasteiger partial charge in [0.05, 0.1) is 23.4 Å². The molecular weight excluding hydrogens is 298 g/mol. The first kappa shape index (κ1) is 16.3. The minimum atomic E-state index is -0.434. The molecule has 2 aromatic rings. The number of anilines is 2. The summed E-state index contributed by atoms with van der Waals surface area (Å²) in [4.78, 5) is 15.1. The summed E-state index contributed by atoms with van der Waals surface area (Å²) < 4.78 is 5.24. The third kappa shape index (κ3) is 3.97. The lowest BCUT2D eigenvalue weighted by atomic mass is 10.1. The summed E-state index contributed by atoms with van der Waals surface area (Å²) in [5, 5.41) is 17.9. The smallest absolute Gasteiger partial charge is 0.269 e. The van der Waals surface area contributed by atoms with E-state index in [1.165, 1.54) is 19.2 Å². The molecule has 0 aliphatic carbocycles.